The first kappa shape index (κ1) is 27.6. The third-order valence-electron chi connectivity index (χ3n) is 7.43. The fourth-order valence-electron chi connectivity index (χ4n) is 5.33. The van der Waals surface area contributed by atoms with E-state index in [1.165, 1.54) is 6.92 Å². The molecule has 0 spiro atoms. The summed E-state index contributed by atoms with van der Waals surface area (Å²) in [5.41, 5.74) is 0.498. The molecule has 198 valence electrons. The Bertz CT molecular complexity index is 961. The van der Waals surface area contributed by atoms with Gasteiger partial charge < -0.3 is 25.8 Å². The van der Waals surface area contributed by atoms with Gasteiger partial charge in [0.25, 0.3) is 0 Å². The van der Waals surface area contributed by atoms with Gasteiger partial charge in [0.1, 0.15) is 6.04 Å². The quantitative estimate of drug-likeness (QED) is 0.499. The third kappa shape index (κ3) is 6.24. The summed E-state index contributed by atoms with van der Waals surface area (Å²) in [6, 6.07) is 8.16. The van der Waals surface area contributed by atoms with Crippen molar-refractivity contribution in [3.05, 3.63) is 35.9 Å². The van der Waals surface area contributed by atoms with E-state index in [2.05, 4.69) is 16.0 Å². The van der Waals surface area contributed by atoms with Crippen LogP contribution in [-0.2, 0) is 25.7 Å². The highest BCUT2D eigenvalue weighted by Crippen LogP contribution is 2.38. The van der Waals surface area contributed by atoms with E-state index in [1.54, 1.807) is 18.9 Å². The minimum atomic E-state index is -0.724. The fourth-order valence-corrected chi connectivity index (χ4v) is 5.33. The lowest BCUT2D eigenvalue weighted by molar-refractivity contribution is -0.141. The van der Waals surface area contributed by atoms with Gasteiger partial charge in [-0.05, 0) is 31.4 Å². The lowest BCUT2D eigenvalue weighted by Crippen LogP contribution is -2.59. The molecule has 2 saturated heterocycles. The number of rotatable bonds is 8. The number of likely N-dealkylation sites (N-methyl/N-ethyl adjacent to an activating group) is 1. The first-order valence-corrected chi connectivity index (χ1v) is 12.8. The Morgan fingerprint density at radius 3 is 2.33 bits per heavy atom. The van der Waals surface area contributed by atoms with Crippen LogP contribution in [0.4, 0.5) is 0 Å². The van der Waals surface area contributed by atoms with Gasteiger partial charge in [-0.3, -0.25) is 19.2 Å². The van der Waals surface area contributed by atoms with Gasteiger partial charge >= 0.3 is 0 Å². The molecule has 9 nitrogen and oxygen atoms in total. The van der Waals surface area contributed by atoms with Gasteiger partial charge in [-0.15, -0.1) is 0 Å². The second-order valence-corrected chi connectivity index (χ2v) is 11.1. The van der Waals surface area contributed by atoms with E-state index < -0.39 is 17.5 Å². The summed E-state index contributed by atoms with van der Waals surface area (Å²) < 4.78 is 0. The molecule has 9 heteroatoms. The second-order valence-electron chi connectivity index (χ2n) is 11.1. The molecule has 2 aliphatic heterocycles. The molecule has 3 rings (SSSR count). The highest BCUT2D eigenvalue weighted by atomic mass is 16.2. The molecular weight excluding hydrogens is 458 g/mol. The van der Waals surface area contributed by atoms with Crippen molar-refractivity contribution in [3.63, 3.8) is 0 Å². The van der Waals surface area contributed by atoms with Crippen molar-refractivity contribution in [2.24, 2.45) is 11.3 Å². The summed E-state index contributed by atoms with van der Waals surface area (Å²) in [7, 11) is 1.70. The minimum absolute atomic E-state index is 0.0463. The van der Waals surface area contributed by atoms with Crippen molar-refractivity contribution >= 4 is 23.6 Å². The third-order valence-corrected chi connectivity index (χ3v) is 7.43. The Morgan fingerprint density at radius 2 is 1.75 bits per heavy atom. The van der Waals surface area contributed by atoms with Gasteiger partial charge in [-0.1, -0.05) is 51.1 Å². The van der Waals surface area contributed by atoms with Gasteiger partial charge in [-0.2, -0.15) is 0 Å². The van der Waals surface area contributed by atoms with Crippen molar-refractivity contribution in [3.8, 4) is 0 Å². The number of hydrogen-bond donors (Lipinski definition) is 3. The summed E-state index contributed by atoms with van der Waals surface area (Å²) >= 11 is 0. The number of benzene rings is 1. The zero-order chi connectivity index (χ0) is 26.6. The van der Waals surface area contributed by atoms with Crippen molar-refractivity contribution < 1.29 is 19.2 Å². The topological polar surface area (TPSA) is 111 Å². The molecule has 5 unspecified atom stereocenters. The van der Waals surface area contributed by atoms with Crippen LogP contribution < -0.4 is 16.0 Å². The van der Waals surface area contributed by atoms with E-state index in [0.29, 0.717) is 26.1 Å². The van der Waals surface area contributed by atoms with E-state index in [9.17, 15) is 19.2 Å². The molecule has 36 heavy (non-hydrogen) atoms. The molecule has 0 radical (unpaired) electrons. The van der Waals surface area contributed by atoms with Crippen LogP contribution in [0.1, 0.15) is 53.0 Å². The summed E-state index contributed by atoms with van der Waals surface area (Å²) in [4.78, 5) is 55.5. The number of amides is 4. The molecule has 4 amide bonds. The van der Waals surface area contributed by atoms with E-state index in [0.717, 1.165) is 5.56 Å². The Labute approximate surface area is 214 Å². The lowest BCUT2D eigenvalue weighted by atomic mass is 9.85. The van der Waals surface area contributed by atoms with Gasteiger partial charge in [0.05, 0.1) is 18.1 Å². The van der Waals surface area contributed by atoms with Crippen molar-refractivity contribution in [1.29, 1.82) is 0 Å². The van der Waals surface area contributed by atoms with E-state index in [-0.39, 0.29) is 48.1 Å². The number of hydrogen-bond acceptors (Lipinski definition) is 5. The molecule has 5 atom stereocenters. The smallest absolute Gasteiger partial charge is 0.246 e. The van der Waals surface area contributed by atoms with Crippen LogP contribution in [0, 0.1) is 11.3 Å². The molecule has 0 bridgehead atoms. The lowest BCUT2D eigenvalue weighted by Gasteiger charge is -2.37. The molecular formula is C27H41N5O4. The molecule has 2 aliphatic rings. The largest absolute Gasteiger partial charge is 0.352 e. The number of carbonyl (C=O) groups is 4. The Hall–Kier alpha value is -2.94. The zero-order valence-corrected chi connectivity index (χ0v) is 22.3. The highest BCUT2D eigenvalue weighted by molar-refractivity contribution is 5.91. The predicted molar refractivity (Wildman–Crippen MR) is 138 cm³/mol. The van der Waals surface area contributed by atoms with Crippen molar-refractivity contribution in [2.45, 2.75) is 78.2 Å². The number of carbonyl (C=O) groups excluding carboxylic acids is 4. The van der Waals surface area contributed by atoms with Crippen LogP contribution in [0.15, 0.2) is 30.3 Å². The first-order valence-electron chi connectivity index (χ1n) is 12.8. The van der Waals surface area contributed by atoms with Gasteiger partial charge in [0, 0.05) is 38.9 Å². The SMILES string of the molecule is CNC(C)C(=O)NC(C(=O)N1CCC2C1C(CC(=O)NCc1ccccc1)CN2C(C)=O)C(C)(C)C. The minimum Gasteiger partial charge on any atom is -0.352 e. The molecule has 0 aromatic heterocycles. The summed E-state index contributed by atoms with van der Waals surface area (Å²) in [5.74, 6) is -0.721. The van der Waals surface area contributed by atoms with Crippen LogP contribution in [0.5, 0.6) is 0 Å². The molecule has 0 saturated carbocycles. The van der Waals surface area contributed by atoms with Crippen LogP contribution >= 0.6 is 0 Å². The maximum atomic E-state index is 13.9. The van der Waals surface area contributed by atoms with E-state index in [4.69, 9.17) is 0 Å². The number of likely N-dealkylation sites (tertiary alicyclic amines) is 2. The maximum absolute atomic E-state index is 13.9. The normalized spacial score (nSPS) is 23.1. The second kappa shape index (κ2) is 11.4. The van der Waals surface area contributed by atoms with Crippen LogP contribution in [-0.4, -0.2) is 77.7 Å². The van der Waals surface area contributed by atoms with Crippen molar-refractivity contribution in [1.82, 2.24) is 25.8 Å². The fraction of sp³-hybridized carbons (Fsp3) is 0.630. The summed E-state index contributed by atoms with van der Waals surface area (Å²) in [6.45, 7) is 10.4. The maximum Gasteiger partial charge on any atom is 0.246 e. The number of nitrogens with zero attached hydrogens (tertiary/aromatic N) is 2. The molecule has 2 heterocycles. The van der Waals surface area contributed by atoms with Gasteiger partial charge in [0.2, 0.25) is 23.6 Å². The average Bonchev–Trinajstić information content (AvgIpc) is 3.41. The standard InChI is InChI=1S/C27H41N5O4/c1-17(28-6)25(35)30-24(27(3,4)5)26(36)31-13-12-21-23(31)20(16-32(21)18(2)33)14-22(34)29-15-19-10-8-7-9-11-19/h7-11,17,20-21,23-24,28H,12-16H2,1-6H3,(H,29,34)(H,30,35). The van der Waals surface area contributed by atoms with Crippen molar-refractivity contribution in [2.75, 3.05) is 20.1 Å². The highest BCUT2D eigenvalue weighted by Gasteiger charge is 2.53. The molecule has 1 aromatic rings. The van der Waals surface area contributed by atoms with Gasteiger partial charge in [0.15, 0.2) is 0 Å². The van der Waals surface area contributed by atoms with E-state index in [1.807, 2.05) is 56.0 Å². The summed E-state index contributed by atoms with van der Waals surface area (Å²) in [5, 5.41) is 8.83. The molecule has 0 aliphatic carbocycles. The van der Waals surface area contributed by atoms with E-state index >= 15 is 0 Å². The Balaban J connectivity index is 1.77. The van der Waals surface area contributed by atoms with Crippen LogP contribution in [0.25, 0.3) is 0 Å². The average molecular weight is 500 g/mol. The predicted octanol–water partition coefficient (Wildman–Crippen LogP) is 1.28. The Morgan fingerprint density at radius 1 is 1.08 bits per heavy atom. The molecule has 1 aromatic carbocycles. The van der Waals surface area contributed by atoms with Crippen LogP contribution in [0.2, 0.25) is 0 Å². The van der Waals surface area contributed by atoms with Gasteiger partial charge in [-0.25, -0.2) is 0 Å². The number of fused-ring (bicyclic) bond motifs is 1. The Kier molecular flexibility index (Phi) is 8.76. The summed E-state index contributed by atoms with van der Waals surface area (Å²) in [6.07, 6.45) is 0.890. The number of nitrogens with one attached hydrogen (secondary N) is 3. The molecule has 2 fully saturated rings. The van der Waals surface area contributed by atoms with Crippen LogP contribution in [0.3, 0.4) is 0 Å². The zero-order valence-electron chi connectivity index (χ0n) is 22.3. The first-order chi connectivity index (χ1) is 16.9. The molecule has 3 N–H and O–H groups in total. The monoisotopic (exact) mass is 499 g/mol.